The highest BCUT2D eigenvalue weighted by Gasteiger charge is 2.22. The Labute approximate surface area is 110 Å². The van der Waals surface area contributed by atoms with Gasteiger partial charge in [-0.1, -0.05) is 0 Å². The van der Waals surface area contributed by atoms with Gasteiger partial charge < -0.3 is 5.73 Å². The molecule has 6 heteroatoms. The third kappa shape index (κ3) is 2.26. The van der Waals surface area contributed by atoms with Crippen LogP contribution in [0, 0.1) is 17.5 Å². The van der Waals surface area contributed by atoms with E-state index in [1.54, 1.807) is 0 Å². The largest absolute Gasteiger partial charge is 0.320 e. The Bertz CT molecular complexity index is 590. The summed E-state index contributed by atoms with van der Waals surface area (Å²) >= 11 is 2.94. The Morgan fingerprint density at radius 2 is 1.83 bits per heavy atom. The Hall–Kier alpha value is -1.40. The zero-order valence-electron chi connectivity index (χ0n) is 9.00. The van der Waals surface area contributed by atoms with Gasteiger partial charge in [0.15, 0.2) is 0 Å². The van der Waals surface area contributed by atoms with Gasteiger partial charge in [-0.05, 0) is 34.1 Å². The van der Waals surface area contributed by atoms with Gasteiger partial charge in [0.1, 0.15) is 17.5 Å². The molecule has 1 atom stereocenters. The van der Waals surface area contributed by atoms with Gasteiger partial charge in [0.25, 0.3) is 0 Å². The van der Waals surface area contributed by atoms with Crippen LogP contribution >= 0.6 is 15.9 Å². The van der Waals surface area contributed by atoms with Gasteiger partial charge in [0, 0.05) is 17.3 Å². The highest BCUT2D eigenvalue weighted by Crippen LogP contribution is 2.29. The van der Waals surface area contributed by atoms with E-state index >= 15 is 0 Å². The average molecular weight is 317 g/mol. The van der Waals surface area contributed by atoms with Crippen molar-refractivity contribution in [3.63, 3.8) is 0 Å². The van der Waals surface area contributed by atoms with E-state index in [4.69, 9.17) is 5.73 Å². The Balaban J connectivity index is 2.56. The summed E-state index contributed by atoms with van der Waals surface area (Å²) in [7, 11) is 0. The topological polar surface area (TPSA) is 38.9 Å². The van der Waals surface area contributed by atoms with E-state index in [-0.39, 0.29) is 15.6 Å². The van der Waals surface area contributed by atoms with Crippen LogP contribution in [0.1, 0.15) is 17.2 Å². The summed E-state index contributed by atoms with van der Waals surface area (Å²) in [6.07, 6.45) is 2.26. The molecule has 1 aromatic heterocycles. The van der Waals surface area contributed by atoms with E-state index in [0.29, 0.717) is 0 Å². The lowest BCUT2D eigenvalue weighted by Crippen LogP contribution is -2.17. The fraction of sp³-hybridized carbons (Fsp3) is 0.0833. The third-order valence-corrected chi connectivity index (χ3v) is 3.14. The number of halogens is 4. The van der Waals surface area contributed by atoms with Crippen molar-refractivity contribution >= 4 is 15.9 Å². The van der Waals surface area contributed by atoms with Gasteiger partial charge in [-0.3, -0.25) is 4.98 Å². The SMILES string of the molecule is NC(c1ccncc1F)c1c(F)ccc(Br)c1F. The lowest BCUT2D eigenvalue weighted by Gasteiger charge is -2.15. The Morgan fingerprint density at radius 3 is 2.50 bits per heavy atom. The quantitative estimate of drug-likeness (QED) is 0.863. The molecule has 94 valence electrons. The maximum atomic E-state index is 13.8. The van der Waals surface area contributed by atoms with Crippen LogP contribution in [0.4, 0.5) is 13.2 Å². The lowest BCUT2D eigenvalue weighted by atomic mass is 9.99. The number of nitrogens with zero attached hydrogens (tertiary/aromatic N) is 1. The summed E-state index contributed by atoms with van der Waals surface area (Å²) in [6.45, 7) is 0. The van der Waals surface area contributed by atoms with E-state index in [2.05, 4.69) is 20.9 Å². The molecule has 0 amide bonds. The highest BCUT2D eigenvalue weighted by molar-refractivity contribution is 9.10. The molecule has 2 aromatic rings. The molecule has 2 nitrogen and oxygen atoms in total. The molecule has 0 aliphatic rings. The number of rotatable bonds is 2. The molecule has 1 aromatic carbocycles. The highest BCUT2D eigenvalue weighted by atomic mass is 79.9. The number of nitrogens with two attached hydrogens (primary N) is 1. The van der Waals surface area contributed by atoms with E-state index < -0.39 is 23.5 Å². The molecule has 1 unspecified atom stereocenters. The summed E-state index contributed by atoms with van der Waals surface area (Å²) in [5.74, 6) is -2.36. The number of pyridine rings is 1. The van der Waals surface area contributed by atoms with E-state index in [1.807, 2.05) is 0 Å². The van der Waals surface area contributed by atoms with E-state index in [9.17, 15) is 13.2 Å². The molecule has 2 N–H and O–H groups in total. The van der Waals surface area contributed by atoms with Gasteiger partial charge in [-0.15, -0.1) is 0 Å². The summed E-state index contributed by atoms with van der Waals surface area (Å²) < 4.78 is 41.0. The van der Waals surface area contributed by atoms with Crippen LogP contribution in [0.25, 0.3) is 0 Å². The molecule has 0 bridgehead atoms. The van der Waals surface area contributed by atoms with Crippen molar-refractivity contribution in [3.8, 4) is 0 Å². The summed E-state index contributed by atoms with van der Waals surface area (Å²) in [6, 6.07) is 2.36. The molecule has 0 saturated heterocycles. The molecule has 0 aliphatic carbocycles. The van der Waals surface area contributed by atoms with Crippen molar-refractivity contribution in [1.82, 2.24) is 4.98 Å². The Kier molecular flexibility index (Phi) is 3.68. The standard InChI is InChI=1S/C12H8BrF3N2/c13-7-1-2-8(14)10(11(7)16)12(17)6-3-4-18-5-9(6)15/h1-5,12H,17H2. The molecular formula is C12H8BrF3N2. The maximum Gasteiger partial charge on any atom is 0.146 e. The normalized spacial score (nSPS) is 12.5. The second-order valence-corrected chi connectivity index (χ2v) is 4.49. The number of hydrogen-bond donors (Lipinski definition) is 1. The zero-order valence-corrected chi connectivity index (χ0v) is 10.6. The lowest BCUT2D eigenvalue weighted by molar-refractivity contribution is 0.528. The maximum absolute atomic E-state index is 13.8. The van der Waals surface area contributed by atoms with Crippen LogP contribution in [0.15, 0.2) is 35.1 Å². The van der Waals surface area contributed by atoms with Gasteiger partial charge in [0.2, 0.25) is 0 Å². The first-order valence-corrected chi connectivity index (χ1v) is 5.80. The molecule has 0 saturated carbocycles. The Morgan fingerprint density at radius 1 is 1.11 bits per heavy atom. The van der Waals surface area contributed by atoms with Crippen molar-refractivity contribution in [2.75, 3.05) is 0 Å². The van der Waals surface area contributed by atoms with Crippen molar-refractivity contribution in [2.45, 2.75) is 6.04 Å². The molecule has 0 fully saturated rings. The second-order valence-electron chi connectivity index (χ2n) is 3.63. The molecule has 1 heterocycles. The minimum Gasteiger partial charge on any atom is -0.320 e. The van der Waals surface area contributed by atoms with Crippen LogP contribution in [0.2, 0.25) is 0 Å². The van der Waals surface area contributed by atoms with Crippen LogP contribution in [-0.4, -0.2) is 4.98 Å². The first-order chi connectivity index (χ1) is 8.52. The van der Waals surface area contributed by atoms with Crippen molar-refractivity contribution in [3.05, 3.63) is 63.6 Å². The van der Waals surface area contributed by atoms with Crippen molar-refractivity contribution in [1.29, 1.82) is 0 Å². The molecule has 0 spiro atoms. The third-order valence-electron chi connectivity index (χ3n) is 2.53. The summed E-state index contributed by atoms with van der Waals surface area (Å²) in [5, 5.41) is 0. The van der Waals surface area contributed by atoms with Gasteiger partial charge in [-0.2, -0.15) is 0 Å². The first kappa shape index (κ1) is 13.0. The monoisotopic (exact) mass is 316 g/mol. The van der Waals surface area contributed by atoms with Gasteiger partial charge >= 0.3 is 0 Å². The van der Waals surface area contributed by atoms with Crippen LogP contribution < -0.4 is 5.73 Å². The molecule has 2 rings (SSSR count). The van der Waals surface area contributed by atoms with E-state index in [0.717, 1.165) is 12.3 Å². The van der Waals surface area contributed by atoms with Crippen LogP contribution in [-0.2, 0) is 0 Å². The molecule has 0 radical (unpaired) electrons. The number of hydrogen-bond acceptors (Lipinski definition) is 2. The molecule has 0 aliphatic heterocycles. The van der Waals surface area contributed by atoms with E-state index in [1.165, 1.54) is 18.3 Å². The van der Waals surface area contributed by atoms with Gasteiger partial charge in [0.05, 0.1) is 16.7 Å². The van der Waals surface area contributed by atoms with Crippen LogP contribution in [0.3, 0.4) is 0 Å². The fourth-order valence-corrected chi connectivity index (χ4v) is 1.97. The van der Waals surface area contributed by atoms with Crippen molar-refractivity contribution < 1.29 is 13.2 Å². The van der Waals surface area contributed by atoms with Gasteiger partial charge in [-0.25, -0.2) is 13.2 Å². The zero-order chi connectivity index (χ0) is 13.3. The minimum atomic E-state index is -1.23. The smallest absolute Gasteiger partial charge is 0.146 e. The summed E-state index contributed by atoms with van der Waals surface area (Å²) in [4.78, 5) is 3.56. The molecular weight excluding hydrogens is 309 g/mol. The first-order valence-electron chi connectivity index (χ1n) is 5.00. The number of aromatic nitrogens is 1. The summed E-state index contributed by atoms with van der Waals surface area (Å²) in [5.41, 5.74) is 5.33. The average Bonchev–Trinajstić information content (AvgIpc) is 2.35. The fourth-order valence-electron chi connectivity index (χ4n) is 1.62. The van der Waals surface area contributed by atoms with Crippen molar-refractivity contribution in [2.24, 2.45) is 5.73 Å². The second kappa shape index (κ2) is 5.07. The van der Waals surface area contributed by atoms with Crippen LogP contribution in [0.5, 0.6) is 0 Å². The number of benzene rings is 1. The predicted octanol–water partition coefficient (Wildman–Crippen LogP) is 3.31. The molecule has 18 heavy (non-hydrogen) atoms. The predicted molar refractivity (Wildman–Crippen MR) is 64.3 cm³/mol. The minimum absolute atomic E-state index is 0.0131.